The van der Waals surface area contributed by atoms with Crippen LogP contribution in [0.2, 0.25) is 4.47 Å². The van der Waals surface area contributed by atoms with Gasteiger partial charge in [-0.1, -0.05) is 11.6 Å². The third kappa shape index (κ3) is 3.01. The molecule has 0 bridgehead atoms. The zero-order valence-electron chi connectivity index (χ0n) is 9.76. The van der Waals surface area contributed by atoms with E-state index in [0.29, 0.717) is 4.47 Å². The molecule has 9 heteroatoms. The van der Waals surface area contributed by atoms with Crippen LogP contribution in [-0.2, 0) is 6.54 Å². The van der Waals surface area contributed by atoms with Crippen LogP contribution >= 0.6 is 22.9 Å². The summed E-state index contributed by atoms with van der Waals surface area (Å²) in [6, 6.07) is 3.39. The van der Waals surface area contributed by atoms with Gasteiger partial charge in [0.2, 0.25) is 0 Å². The van der Waals surface area contributed by atoms with Gasteiger partial charge in [-0.25, -0.2) is 9.37 Å². The molecule has 0 radical (unpaired) electrons. The van der Waals surface area contributed by atoms with E-state index in [1.54, 1.807) is 6.07 Å². The van der Waals surface area contributed by atoms with E-state index in [4.69, 9.17) is 16.9 Å². The predicted octanol–water partition coefficient (Wildman–Crippen LogP) is 3.33. The summed E-state index contributed by atoms with van der Waals surface area (Å²) < 4.78 is 13.9. The molecule has 2 aromatic rings. The van der Waals surface area contributed by atoms with E-state index in [-0.39, 0.29) is 23.5 Å². The number of nitro benzene ring substituents is 1. The van der Waals surface area contributed by atoms with Crippen molar-refractivity contribution in [3.63, 3.8) is 0 Å². The Bertz CT molecular complexity index is 713. The molecule has 1 aromatic heterocycles. The van der Waals surface area contributed by atoms with Crippen molar-refractivity contribution in [2.24, 2.45) is 0 Å². The number of anilines is 1. The number of benzene rings is 1. The molecule has 0 aliphatic heterocycles. The minimum absolute atomic E-state index is 0.00368. The maximum Gasteiger partial charge on any atom is 0.293 e. The summed E-state index contributed by atoms with van der Waals surface area (Å²) in [5.41, 5.74) is -0.738. The van der Waals surface area contributed by atoms with Crippen LogP contribution in [0.1, 0.15) is 10.4 Å². The van der Waals surface area contributed by atoms with E-state index < -0.39 is 10.7 Å². The molecule has 0 unspecified atom stereocenters. The van der Waals surface area contributed by atoms with E-state index in [0.717, 1.165) is 17.0 Å². The Kier molecular flexibility index (Phi) is 4.12. The smallest absolute Gasteiger partial charge is 0.293 e. The highest BCUT2D eigenvalue weighted by atomic mass is 35.5. The predicted molar refractivity (Wildman–Crippen MR) is 72.2 cm³/mol. The van der Waals surface area contributed by atoms with E-state index in [1.165, 1.54) is 17.5 Å². The number of nitro groups is 1. The Morgan fingerprint density at radius 3 is 2.90 bits per heavy atom. The fourth-order valence-corrected chi connectivity index (χ4v) is 2.41. The van der Waals surface area contributed by atoms with Gasteiger partial charge in [0, 0.05) is 23.2 Å². The van der Waals surface area contributed by atoms with Crippen LogP contribution in [0.5, 0.6) is 0 Å². The minimum Gasteiger partial charge on any atom is -0.374 e. The highest BCUT2D eigenvalue weighted by Gasteiger charge is 2.18. The third-order valence-electron chi connectivity index (χ3n) is 2.38. The summed E-state index contributed by atoms with van der Waals surface area (Å²) in [5.74, 6) is -0.817. The number of hydrogen-bond acceptors (Lipinski definition) is 6. The average Bonchev–Trinajstić information content (AvgIpc) is 2.82. The maximum absolute atomic E-state index is 13.5. The number of nitrogens with zero attached hydrogens (tertiary/aromatic N) is 3. The van der Waals surface area contributed by atoms with Gasteiger partial charge in [0.15, 0.2) is 4.47 Å². The SMILES string of the molecule is N#Cc1cc([N+](=O)[O-])c(NCc2cnc(Cl)s2)cc1F. The first-order chi connectivity index (χ1) is 9.51. The van der Waals surface area contributed by atoms with Crippen LogP contribution in [0.25, 0.3) is 0 Å². The minimum atomic E-state index is -0.817. The molecule has 0 spiro atoms. The quantitative estimate of drug-likeness (QED) is 0.690. The standard InChI is InChI=1S/C11H6ClFN4O2S/c12-11-16-5-7(20-11)4-15-9-2-8(13)6(3-14)1-10(9)17(18)19/h1-2,5,15H,4H2. The fourth-order valence-electron chi connectivity index (χ4n) is 1.49. The van der Waals surface area contributed by atoms with E-state index in [9.17, 15) is 14.5 Å². The summed E-state index contributed by atoms with van der Waals surface area (Å²) in [6.07, 6.45) is 1.52. The van der Waals surface area contributed by atoms with Crippen LogP contribution in [0, 0.1) is 27.3 Å². The first kappa shape index (κ1) is 14.2. The molecule has 0 fully saturated rings. The van der Waals surface area contributed by atoms with Crippen LogP contribution in [0.15, 0.2) is 18.3 Å². The number of aromatic nitrogens is 1. The van der Waals surface area contributed by atoms with Crippen molar-refractivity contribution in [1.29, 1.82) is 5.26 Å². The third-order valence-corrected chi connectivity index (χ3v) is 3.50. The van der Waals surface area contributed by atoms with Crippen molar-refractivity contribution < 1.29 is 9.31 Å². The molecule has 20 heavy (non-hydrogen) atoms. The highest BCUT2D eigenvalue weighted by Crippen LogP contribution is 2.28. The van der Waals surface area contributed by atoms with Crippen LogP contribution in [-0.4, -0.2) is 9.91 Å². The van der Waals surface area contributed by atoms with Crippen molar-refractivity contribution in [2.45, 2.75) is 6.54 Å². The van der Waals surface area contributed by atoms with Gasteiger partial charge in [0.25, 0.3) is 5.69 Å². The number of nitriles is 1. The topological polar surface area (TPSA) is 91.8 Å². The van der Waals surface area contributed by atoms with Crippen LogP contribution in [0.4, 0.5) is 15.8 Å². The lowest BCUT2D eigenvalue weighted by atomic mass is 10.1. The van der Waals surface area contributed by atoms with Crippen LogP contribution < -0.4 is 5.32 Å². The Morgan fingerprint density at radius 1 is 1.60 bits per heavy atom. The molecule has 0 amide bonds. The Balaban J connectivity index is 2.28. The normalized spacial score (nSPS) is 10.1. The first-order valence-corrected chi connectivity index (χ1v) is 6.43. The summed E-state index contributed by atoms with van der Waals surface area (Å²) in [4.78, 5) is 14.8. The fraction of sp³-hybridized carbons (Fsp3) is 0.0909. The van der Waals surface area contributed by atoms with Gasteiger partial charge in [-0.15, -0.1) is 11.3 Å². The lowest BCUT2D eigenvalue weighted by Crippen LogP contribution is -2.03. The van der Waals surface area contributed by atoms with Gasteiger partial charge in [-0.3, -0.25) is 10.1 Å². The molecule has 0 aliphatic carbocycles. The average molecular weight is 313 g/mol. The lowest BCUT2D eigenvalue weighted by Gasteiger charge is -2.06. The molecule has 102 valence electrons. The maximum atomic E-state index is 13.5. The molecule has 0 atom stereocenters. The molecule has 0 saturated carbocycles. The first-order valence-electron chi connectivity index (χ1n) is 5.23. The summed E-state index contributed by atoms with van der Waals surface area (Å²) in [5, 5.41) is 22.3. The molecule has 6 nitrogen and oxygen atoms in total. The van der Waals surface area contributed by atoms with Gasteiger partial charge in [-0.05, 0) is 0 Å². The van der Waals surface area contributed by atoms with Crippen molar-refractivity contribution in [3.05, 3.63) is 49.2 Å². The highest BCUT2D eigenvalue weighted by molar-refractivity contribution is 7.15. The Morgan fingerprint density at radius 2 is 2.35 bits per heavy atom. The zero-order chi connectivity index (χ0) is 14.7. The molecule has 2 rings (SSSR count). The van der Waals surface area contributed by atoms with Gasteiger partial charge < -0.3 is 5.32 Å². The number of hydrogen-bond donors (Lipinski definition) is 1. The van der Waals surface area contributed by atoms with E-state index in [1.807, 2.05) is 0 Å². The summed E-state index contributed by atoms with van der Waals surface area (Å²) in [7, 11) is 0. The molecule has 1 heterocycles. The summed E-state index contributed by atoms with van der Waals surface area (Å²) >= 11 is 6.87. The molecule has 0 aliphatic rings. The lowest BCUT2D eigenvalue weighted by molar-refractivity contribution is -0.384. The van der Waals surface area contributed by atoms with E-state index >= 15 is 0 Å². The van der Waals surface area contributed by atoms with Gasteiger partial charge >= 0.3 is 0 Å². The molecule has 1 N–H and O–H groups in total. The van der Waals surface area contributed by atoms with Crippen molar-refractivity contribution in [1.82, 2.24) is 4.98 Å². The van der Waals surface area contributed by atoms with Gasteiger partial charge in [0.1, 0.15) is 17.6 Å². The molecule has 0 saturated heterocycles. The van der Waals surface area contributed by atoms with Crippen LogP contribution in [0.3, 0.4) is 0 Å². The second kappa shape index (κ2) is 5.81. The zero-order valence-corrected chi connectivity index (χ0v) is 11.3. The number of nitrogens with one attached hydrogen (secondary N) is 1. The van der Waals surface area contributed by atoms with Gasteiger partial charge in [-0.2, -0.15) is 5.26 Å². The monoisotopic (exact) mass is 312 g/mol. The molecular formula is C11H6ClFN4O2S. The van der Waals surface area contributed by atoms with E-state index in [2.05, 4.69) is 10.3 Å². The second-order valence-electron chi connectivity index (χ2n) is 3.65. The Labute approximate surface area is 121 Å². The summed E-state index contributed by atoms with van der Waals surface area (Å²) in [6.45, 7) is 0.219. The largest absolute Gasteiger partial charge is 0.374 e. The molecule has 1 aromatic carbocycles. The number of thiazole rings is 1. The Hall–Kier alpha value is -2.24. The van der Waals surface area contributed by atoms with Crippen molar-refractivity contribution in [2.75, 3.05) is 5.32 Å². The van der Waals surface area contributed by atoms with Crippen molar-refractivity contribution in [3.8, 4) is 6.07 Å². The number of halogens is 2. The number of rotatable bonds is 4. The molecular weight excluding hydrogens is 307 g/mol. The van der Waals surface area contributed by atoms with Gasteiger partial charge in [0.05, 0.1) is 17.0 Å². The second-order valence-corrected chi connectivity index (χ2v) is 5.35. The van der Waals surface area contributed by atoms with Crippen molar-refractivity contribution >= 4 is 34.3 Å².